The van der Waals surface area contributed by atoms with E-state index in [2.05, 4.69) is 6.08 Å². The number of benzene rings is 2. The molecule has 0 atom stereocenters. The van der Waals surface area contributed by atoms with Gasteiger partial charge < -0.3 is 14.9 Å². The summed E-state index contributed by atoms with van der Waals surface area (Å²) in [6.45, 7) is 8.02. The van der Waals surface area contributed by atoms with Crippen molar-refractivity contribution < 1.29 is 14.9 Å². The van der Waals surface area contributed by atoms with Gasteiger partial charge in [-0.1, -0.05) is 29.9 Å². The van der Waals surface area contributed by atoms with Gasteiger partial charge >= 0.3 is 0 Å². The number of hydrogen-bond acceptors (Lipinski definition) is 3. The first-order chi connectivity index (χ1) is 11.8. The Kier molecular flexibility index (Phi) is 4.34. The lowest BCUT2D eigenvalue weighted by Crippen LogP contribution is -2.27. The van der Waals surface area contributed by atoms with Crippen LogP contribution in [0.25, 0.3) is 17.2 Å². The first kappa shape index (κ1) is 17.2. The number of phenols is 2. The molecule has 0 spiro atoms. The van der Waals surface area contributed by atoms with Crippen molar-refractivity contribution in [3.63, 3.8) is 0 Å². The molecule has 2 aromatic carbocycles. The maximum Gasteiger partial charge on any atom is 0.169 e. The van der Waals surface area contributed by atoms with E-state index in [0.717, 1.165) is 22.3 Å². The summed E-state index contributed by atoms with van der Waals surface area (Å²) in [5.41, 5.74) is 4.33. The minimum atomic E-state index is -0.446. The number of hydrogen-bond donors (Lipinski definition) is 2. The zero-order valence-electron chi connectivity index (χ0n) is 15.1. The Bertz CT molecular complexity index is 852. The minimum Gasteiger partial charge on any atom is -0.508 e. The third kappa shape index (κ3) is 3.55. The van der Waals surface area contributed by atoms with E-state index in [0.29, 0.717) is 12.2 Å². The Labute approximate surface area is 148 Å². The topological polar surface area (TPSA) is 49.7 Å². The van der Waals surface area contributed by atoms with Crippen molar-refractivity contribution in [3.8, 4) is 28.4 Å². The molecule has 0 aliphatic carbocycles. The van der Waals surface area contributed by atoms with Gasteiger partial charge in [-0.15, -0.1) is 0 Å². The summed E-state index contributed by atoms with van der Waals surface area (Å²) in [6, 6.07) is 9.08. The molecule has 2 N–H and O–H groups in total. The number of aromatic hydroxyl groups is 2. The Balaban J connectivity index is 2.21. The van der Waals surface area contributed by atoms with E-state index >= 15 is 0 Å². The summed E-state index contributed by atoms with van der Waals surface area (Å²) in [7, 11) is 0. The molecular formula is C22H24O3. The molecule has 3 nitrogen and oxygen atoms in total. The highest BCUT2D eigenvalue weighted by atomic mass is 16.5. The summed E-state index contributed by atoms with van der Waals surface area (Å²) in [4.78, 5) is 0. The molecule has 0 amide bonds. The minimum absolute atomic E-state index is 0.190. The first-order valence-electron chi connectivity index (χ1n) is 8.47. The molecule has 130 valence electrons. The van der Waals surface area contributed by atoms with Crippen LogP contribution in [0, 0.1) is 0 Å². The molecule has 0 bridgehead atoms. The molecule has 2 aromatic rings. The van der Waals surface area contributed by atoms with Crippen LogP contribution in [0.5, 0.6) is 17.2 Å². The Morgan fingerprint density at radius 2 is 1.80 bits per heavy atom. The lowest BCUT2D eigenvalue weighted by atomic mass is 9.91. The fourth-order valence-electron chi connectivity index (χ4n) is 2.94. The number of ether oxygens (including phenoxy) is 1. The molecule has 0 saturated carbocycles. The van der Waals surface area contributed by atoms with Crippen LogP contribution in [-0.4, -0.2) is 15.8 Å². The summed E-state index contributed by atoms with van der Waals surface area (Å²) in [5, 5.41) is 20.5. The van der Waals surface area contributed by atoms with Crippen LogP contribution in [0.15, 0.2) is 48.1 Å². The van der Waals surface area contributed by atoms with E-state index in [1.54, 1.807) is 12.1 Å². The van der Waals surface area contributed by atoms with Crippen LogP contribution >= 0.6 is 0 Å². The molecule has 0 radical (unpaired) electrons. The molecule has 1 aliphatic heterocycles. The smallest absolute Gasteiger partial charge is 0.169 e. The van der Waals surface area contributed by atoms with Crippen LogP contribution in [0.4, 0.5) is 0 Å². The van der Waals surface area contributed by atoms with E-state index in [9.17, 15) is 10.2 Å². The van der Waals surface area contributed by atoms with Crippen LogP contribution in [-0.2, 0) is 6.42 Å². The second-order valence-corrected chi connectivity index (χ2v) is 7.24. The van der Waals surface area contributed by atoms with E-state index in [4.69, 9.17) is 4.74 Å². The van der Waals surface area contributed by atoms with Gasteiger partial charge in [0.25, 0.3) is 0 Å². The van der Waals surface area contributed by atoms with Crippen molar-refractivity contribution in [1.82, 2.24) is 0 Å². The highest BCUT2D eigenvalue weighted by Gasteiger charge is 2.27. The number of allylic oxidation sites excluding steroid dienone is 2. The SMILES string of the molecule is CC(C)=CCc1c(-c2ccc(O)cc2)cc2c(c1O)OC(C)(C)C=C2. The van der Waals surface area contributed by atoms with Crippen molar-refractivity contribution in [3.05, 3.63) is 59.2 Å². The van der Waals surface area contributed by atoms with Gasteiger partial charge in [0.15, 0.2) is 11.5 Å². The van der Waals surface area contributed by atoms with Crippen LogP contribution < -0.4 is 4.74 Å². The Morgan fingerprint density at radius 3 is 2.44 bits per heavy atom. The monoisotopic (exact) mass is 336 g/mol. The van der Waals surface area contributed by atoms with Crippen molar-refractivity contribution in [2.24, 2.45) is 0 Å². The van der Waals surface area contributed by atoms with Crippen LogP contribution in [0.2, 0.25) is 0 Å². The quantitative estimate of drug-likeness (QED) is 0.732. The maximum atomic E-state index is 10.9. The van der Waals surface area contributed by atoms with Crippen LogP contribution in [0.3, 0.4) is 0 Å². The summed E-state index contributed by atoms with van der Waals surface area (Å²) < 4.78 is 6.01. The van der Waals surface area contributed by atoms with Gasteiger partial charge in [0.2, 0.25) is 0 Å². The molecule has 3 heteroatoms. The van der Waals surface area contributed by atoms with Crippen molar-refractivity contribution in [2.75, 3.05) is 0 Å². The molecule has 0 fully saturated rings. The lowest BCUT2D eigenvalue weighted by molar-refractivity contribution is 0.152. The fraction of sp³-hybridized carbons (Fsp3) is 0.273. The van der Waals surface area contributed by atoms with E-state index in [1.807, 2.05) is 58.0 Å². The maximum absolute atomic E-state index is 10.9. The average Bonchev–Trinajstić information content (AvgIpc) is 2.54. The summed E-state index contributed by atoms with van der Waals surface area (Å²) >= 11 is 0. The zero-order valence-corrected chi connectivity index (χ0v) is 15.1. The molecule has 0 aromatic heterocycles. The van der Waals surface area contributed by atoms with Gasteiger partial charge in [0, 0.05) is 11.1 Å². The predicted molar refractivity (Wildman–Crippen MR) is 102 cm³/mol. The van der Waals surface area contributed by atoms with Gasteiger partial charge in [0.05, 0.1) is 0 Å². The van der Waals surface area contributed by atoms with Gasteiger partial charge in [-0.05, 0) is 69.5 Å². The van der Waals surface area contributed by atoms with E-state index < -0.39 is 5.60 Å². The predicted octanol–water partition coefficient (Wildman–Crippen LogP) is 5.46. The highest BCUT2D eigenvalue weighted by molar-refractivity contribution is 5.79. The lowest BCUT2D eigenvalue weighted by Gasteiger charge is -2.29. The third-order valence-electron chi connectivity index (χ3n) is 4.31. The van der Waals surface area contributed by atoms with Crippen molar-refractivity contribution in [1.29, 1.82) is 0 Å². The second-order valence-electron chi connectivity index (χ2n) is 7.24. The van der Waals surface area contributed by atoms with Gasteiger partial charge in [-0.2, -0.15) is 0 Å². The Hall–Kier alpha value is -2.68. The number of rotatable bonds is 3. The second kappa shape index (κ2) is 6.32. The first-order valence-corrected chi connectivity index (χ1v) is 8.47. The zero-order chi connectivity index (χ0) is 18.2. The number of fused-ring (bicyclic) bond motifs is 1. The average molecular weight is 336 g/mol. The van der Waals surface area contributed by atoms with Gasteiger partial charge in [0.1, 0.15) is 11.4 Å². The third-order valence-corrected chi connectivity index (χ3v) is 4.31. The molecule has 3 rings (SSSR count). The fourth-order valence-corrected chi connectivity index (χ4v) is 2.94. The largest absolute Gasteiger partial charge is 0.508 e. The highest BCUT2D eigenvalue weighted by Crippen LogP contribution is 2.45. The molecule has 0 unspecified atom stereocenters. The summed E-state index contributed by atoms with van der Waals surface area (Å²) in [5.74, 6) is 0.949. The molecule has 0 saturated heterocycles. The van der Waals surface area contributed by atoms with Gasteiger partial charge in [-0.25, -0.2) is 0 Å². The Morgan fingerprint density at radius 1 is 1.12 bits per heavy atom. The number of phenolic OH excluding ortho intramolecular Hbond substituents is 2. The van der Waals surface area contributed by atoms with E-state index in [-0.39, 0.29) is 11.5 Å². The molecule has 1 heterocycles. The standard InChI is InChI=1S/C22H24O3/c1-14(2)5-10-18-19(15-6-8-17(23)9-7-15)13-16-11-12-22(3,4)25-21(16)20(18)24/h5-9,11-13,23-24H,10H2,1-4H3. The van der Waals surface area contributed by atoms with Crippen molar-refractivity contribution in [2.45, 2.75) is 39.7 Å². The normalized spacial score (nSPS) is 14.6. The van der Waals surface area contributed by atoms with Crippen LogP contribution in [0.1, 0.15) is 38.8 Å². The van der Waals surface area contributed by atoms with Gasteiger partial charge in [-0.3, -0.25) is 0 Å². The van der Waals surface area contributed by atoms with Crippen molar-refractivity contribution >= 4 is 6.08 Å². The van der Waals surface area contributed by atoms with E-state index in [1.165, 1.54) is 5.57 Å². The molecule has 1 aliphatic rings. The summed E-state index contributed by atoms with van der Waals surface area (Å²) in [6.07, 6.45) is 6.69. The molecule has 25 heavy (non-hydrogen) atoms. The molecular weight excluding hydrogens is 312 g/mol.